The van der Waals surface area contributed by atoms with E-state index in [4.69, 9.17) is 23.2 Å². The summed E-state index contributed by atoms with van der Waals surface area (Å²) in [6.45, 7) is 0. The lowest BCUT2D eigenvalue weighted by atomic mass is 10.1. The Hall–Kier alpha value is -1.51. The number of hydrogen-bond donors (Lipinski definition) is 1. The summed E-state index contributed by atoms with van der Waals surface area (Å²) in [7, 11) is 0. The molecule has 0 saturated carbocycles. The molecule has 0 aliphatic heterocycles. The Labute approximate surface area is 116 Å². The molecule has 0 aromatic heterocycles. The van der Waals surface area contributed by atoms with Crippen LogP contribution in [0.2, 0.25) is 10.0 Å². The zero-order valence-electron chi connectivity index (χ0n) is 9.49. The minimum Gasteiger partial charge on any atom is -0.326 e. The molecule has 2 aromatic rings. The fourth-order valence-electron chi connectivity index (χ4n) is 1.56. The number of carbonyl (C=O) groups excluding carboxylic acids is 1. The zero-order chi connectivity index (χ0) is 13.0. The van der Waals surface area contributed by atoms with Gasteiger partial charge in [-0.05, 0) is 23.8 Å². The van der Waals surface area contributed by atoms with Crippen molar-refractivity contribution in [2.75, 3.05) is 5.32 Å². The Balaban J connectivity index is 2.01. The topological polar surface area (TPSA) is 29.1 Å². The van der Waals surface area contributed by atoms with Crippen molar-refractivity contribution in [2.24, 2.45) is 0 Å². The number of carbonyl (C=O) groups is 1. The van der Waals surface area contributed by atoms with E-state index in [2.05, 4.69) is 5.32 Å². The maximum absolute atomic E-state index is 11.8. The van der Waals surface area contributed by atoms with E-state index < -0.39 is 0 Å². The lowest BCUT2D eigenvalue weighted by Crippen LogP contribution is -2.14. The quantitative estimate of drug-likeness (QED) is 0.898. The van der Waals surface area contributed by atoms with E-state index in [0.29, 0.717) is 22.2 Å². The van der Waals surface area contributed by atoms with Crippen LogP contribution in [0.1, 0.15) is 5.56 Å². The first-order valence-electron chi connectivity index (χ1n) is 5.44. The van der Waals surface area contributed by atoms with Crippen molar-refractivity contribution in [3.05, 3.63) is 64.1 Å². The summed E-state index contributed by atoms with van der Waals surface area (Å²) in [5, 5.41) is 3.67. The Kier molecular flexibility index (Phi) is 4.24. The molecule has 2 rings (SSSR count). The highest BCUT2D eigenvalue weighted by molar-refractivity contribution is 6.42. The highest BCUT2D eigenvalue weighted by Gasteiger charge is 2.05. The SMILES string of the molecule is O=C(Cc1ccccc1)Nc1ccc(Cl)c(Cl)c1. The first kappa shape index (κ1) is 12.9. The molecule has 0 aliphatic carbocycles. The van der Waals surface area contributed by atoms with E-state index in [1.54, 1.807) is 18.2 Å². The van der Waals surface area contributed by atoms with Gasteiger partial charge in [0.1, 0.15) is 0 Å². The summed E-state index contributed by atoms with van der Waals surface area (Å²) in [6, 6.07) is 14.6. The molecule has 4 heteroatoms. The maximum atomic E-state index is 11.8. The van der Waals surface area contributed by atoms with Crippen molar-refractivity contribution < 1.29 is 4.79 Å². The second-order valence-corrected chi connectivity index (χ2v) is 4.65. The highest BCUT2D eigenvalue weighted by atomic mass is 35.5. The fourth-order valence-corrected chi connectivity index (χ4v) is 1.86. The predicted octanol–water partition coefficient (Wildman–Crippen LogP) is 4.17. The highest BCUT2D eigenvalue weighted by Crippen LogP contribution is 2.25. The molecular formula is C14H11Cl2NO. The molecule has 0 saturated heterocycles. The van der Waals surface area contributed by atoms with Gasteiger partial charge in [-0.25, -0.2) is 0 Å². The molecule has 0 unspecified atom stereocenters. The van der Waals surface area contributed by atoms with Crippen molar-refractivity contribution in [1.82, 2.24) is 0 Å². The van der Waals surface area contributed by atoms with Crippen LogP contribution in [0, 0.1) is 0 Å². The van der Waals surface area contributed by atoms with Gasteiger partial charge in [0.25, 0.3) is 0 Å². The molecule has 1 amide bonds. The van der Waals surface area contributed by atoms with Crippen LogP contribution in [0.5, 0.6) is 0 Å². The average molecular weight is 280 g/mol. The minimum absolute atomic E-state index is 0.0837. The Morgan fingerprint density at radius 2 is 1.72 bits per heavy atom. The lowest BCUT2D eigenvalue weighted by Gasteiger charge is -2.06. The molecule has 0 fully saturated rings. The normalized spacial score (nSPS) is 10.1. The predicted molar refractivity (Wildman–Crippen MR) is 75.2 cm³/mol. The molecule has 0 atom stereocenters. The lowest BCUT2D eigenvalue weighted by molar-refractivity contribution is -0.115. The van der Waals surface area contributed by atoms with E-state index in [1.165, 1.54) is 0 Å². The van der Waals surface area contributed by atoms with Gasteiger partial charge in [-0.2, -0.15) is 0 Å². The van der Waals surface area contributed by atoms with Gasteiger partial charge in [0.05, 0.1) is 16.5 Å². The van der Waals surface area contributed by atoms with Crippen molar-refractivity contribution in [3.63, 3.8) is 0 Å². The number of hydrogen-bond acceptors (Lipinski definition) is 1. The molecule has 0 heterocycles. The molecule has 2 aromatic carbocycles. The molecule has 2 nitrogen and oxygen atoms in total. The molecule has 1 N–H and O–H groups in total. The van der Waals surface area contributed by atoms with E-state index in [-0.39, 0.29) is 5.91 Å². The number of halogens is 2. The average Bonchev–Trinajstić information content (AvgIpc) is 2.35. The molecular weight excluding hydrogens is 269 g/mol. The number of anilines is 1. The number of benzene rings is 2. The molecule has 18 heavy (non-hydrogen) atoms. The van der Waals surface area contributed by atoms with E-state index in [9.17, 15) is 4.79 Å². The Bertz CT molecular complexity index is 555. The summed E-state index contributed by atoms with van der Waals surface area (Å²) in [4.78, 5) is 11.8. The second-order valence-electron chi connectivity index (χ2n) is 3.84. The van der Waals surface area contributed by atoms with E-state index in [1.807, 2.05) is 30.3 Å². The molecule has 0 spiro atoms. The van der Waals surface area contributed by atoms with Crippen LogP contribution >= 0.6 is 23.2 Å². The number of amides is 1. The van der Waals surface area contributed by atoms with E-state index >= 15 is 0 Å². The van der Waals surface area contributed by atoms with Crippen molar-refractivity contribution in [2.45, 2.75) is 6.42 Å². The van der Waals surface area contributed by atoms with Crippen molar-refractivity contribution in [1.29, 1.82) is 0 Å². The third-order valence-electron chi connectivity index (χ3n) is 2.41. The summed E-state index contributed by atoms with van der Waals surface area (Å²) in [6.07, 6.45) is 0.334. The van der Waals surface area contributed by atoms with Crippen LogP contribution in [0.25, 0.3) is 0 Å². The van der Waals surface area contributed by atoms with Gasteiger partial charge >= 0.3 is 0 Å². The van der Waals surface area contributed by atoms with Gasteiger partial charge in [0.2, 0.25) is 5.91 Å². The molecule has 92 valence electrons. The molecule has 0 bridgehead atoms. The van der Waals surface area contributed by atoms with Crippen LogP contribution < -0.4 is 5.32 Å². The first-order valence-corrected chi connectivity index (χ1v) is 6.19. The molecule has 0 radical (unpaired) electrons. The van der Waals surface area contributed by atoms with Crippen LogP contribution in [0.3, 0.4) is 0 Å². The van der Waals surface area contributed by atoms with Crippen LogP contribution in [-0.2, 0) is 11.2 Å². The van der Waals surface area contributed by atoms with Crippen LogP contribution in [0.4, 0.5) is 5.69 Å². The largest absolute Gasteiger partial charge is 0.326 e. The van der Waals surface area contributed by atoms with Crippen molar-refractivity contribution in [3.8, 4) is 0 Å². The third-order valence-corrected chi connectivity index (χ3v) is 3.15. The first-order chi connectivity index (χ1) is 8.65. The summed E-state index contributed by atoms with van der Waals surface area (Å²) < 4.78 is 0. The minimum atomic E-state index is -0.0837. The Morgan fingerprint density at radius 3 is 2.39 bits per heavy atom. The number of nitrogens with one attached hydrogen (secondary N) is 1. The summed E-state index contributed by atoms with van der Waals surface area (Å²) in [5.74, 6) is -0.0837. The van der Waals surface area contributed by atoms with Gasteiger partial charge < -0.3 is 5.32 Å². The Morgan fingerprint density at radius 1 is 1.00 bits per heavy atom. The van der Waals surface area contributed by atoms with Crippen LogP contribution in [0.15, 0.2) is 48.5 Å². The van der Waals surface area contributed by atoms with Gasteiger partial charge in [0.15, 0.2) is 0 Å². The van der Waals surface area contributed by atoms with Gasteiger partial charge in [0, 0.05) is 5.69 Å². The van der Waals surface area contributed by atoms with Crippen LogP contribution in [-0.4, -0.2) is 5.91 Å². The fraction of sp³-hybridized carbons (Fsp3) is 0.0714. The van der Waals surface area contributed by atoms with Gasteiger partial charge in [-0.3, -0.25) is 4.79 Å². The monoisotopic (exact) mass is 279 g/mol. The summed E-state index contributed by atoms with van der Waals surface area (Å²) in [5.41, 5.74) is 1.61. The van der Waals surface area contributed by atoms with Crippen molar-refractivity contribution >= 4 is 34.8 Å². The van der Waals surface area contributed by atoms with E-state index in [0.717, 1.165) is 5.56 Å². The van der Waals surface area contributed by atoms with Gasteiger partial charge in [-0.1, -0.05) is 53.5 Å². The maximum Gasteiger partial charge on any atom is 0.228 e. The van der Waals surface area contributed by atoms with Gasteiger partial charge in [-0.15, -0.1) is 0 Å². The number of rotatable bonds is 3. The third kappa shape index (κ3) is 3.49. The summed E-state index contributed by atoms with van der Waals surface area (Å²) >= 11 is 11.7. The second kappa shape index (κ2) is 5.89. The zero-order valence-corrected chi connectivity index (χ0v) is 11.0. The standard InChI is InChI=1S/C14H11Cl2NO/c15-12-7-6-11(9-13(12)16)17-14(18)8-10-4-2-1-3-5-10/h1-7,9H,8H2,(H,17,18). The molecule has 0 aliphatic rings. The smallest absolute Gasteiger partial charge is 0.228 e.